The van der Waals surface area contributed by atoms with Crippen LogP contribution in [0.25, 0.3) is 21.9 Å². The Morgan fingerprint density at radius 1 is 1.02 bits per heavy atom. The van der Waals surface area contributed by atoms with Gasteiger partial charge in [0.25, 0.3) is 5.69 Å². The molecule has 13 nitrogen and oxygen atoms in total. The van der Waals surface area contributed by atoms with Crippen LogP contribution >= 0.6 is 0 Å². The number of nitrogens with one attached hydrogen (secondary N) is 1. The van der Waals surface area contributed by atoms with Gasteiger partial charge in [-0.25, -0.2) is 23.9 Å². The van der Waals surface area contributed by atoms with Gasteiger partial charge in [0.15, 0.2) is 11.5 Å². The lowest BCUT2D eigenvalue weighted by atomic mass is 9.75. The van der Waals surface area contributed by atoms with Gasteiger partial charge in [0.2, 0.25) is 5.88 Å². The zero-order valence-corrected chi connectivity index (χ0v) is 25.0. The van der Waals surface area contributed by atoms with Gasteiger partial charge in [-0.3, -0.25) is 19.6 Å². The third-order valence-electron chi connectivity index (χ3n) is 7.60. The molecule has 1 amide bonds. The number of fused-ring (bicyclic) bond motifs is 1. The van der Waals surface area contributed by atoms with Crippen LogP contribution in [-0.4, -0.2) is 76.9 Å². The monoisotopic (exact) mass is 593 g/mol. The summed E-state index contributed by atoms with van der Waals surface area (Å²) in [5.74, 6) is -1.73. The maximum atomic E-state index is 13.8. The van der Waals surface area contributed by atoms with Crippen LogP contribution in [0.15, 0.2) is 24.3 Å². The number of ether oxygens (including phenoxy) is 4. The number of nitrogens with zero attached hydrogens (tertiary/aromatic N) is 4. The van der Waals surface area contributed by atoms with Gasteiger partial charge in [0.05, 0.1) is 20.8 Å². The number of esters is 3. The number of aromatic nitrogens is 3. The standard InChI is InChI=1S/C30H35N5O8/c1-16-8-10-20(11-9-16)26-32-27-23(29(38)42-25-18(3)12-17(2)13-19(25)4)24(31-5)28(35(27)33-26)43-30(39)34(14-21(36)40-6)15-22(37)41-7/h8-11,17-19,25H,12-15H2,1-4,6-7H3,(H,32,33). The fourth-order valence-corrected chi connectivity index (χ4v) is 5.58. The van der Waals surface area contributed by atoms with Crippen molar-refractivity contribution in [1.29, 1.82) is 0 Å². The first-order valence-electron chi connectivity index (χ1n) is 13.9. The number of aromatic amines is 1. The summed E-state index contributed by atoms with van der Waals surface area (Å²) in [4.78, 5) is 59.8. The fourth-order valence-electron chi connectivity index (χ4n) is 5.58. The second-order valence-corrected chi connectivity index (χ2v) is 11.0. The maximum Gasteiger partial charge on any atom is 0.416 e. The molecule has 1 aromatic carbocycles. The summed E-state index contributed by atoms with van der Waals surface area (Å²) in [5, 5.41) is 3.00. The van der Waals surface area contributed by atoms with Crippen molar-refractivity contribution in [1.82, 2.24) is 19.5 Å². The summed E-state index contributed by atoms with van der Waals surface area (Å²) in [6.45, 7) is 14.8. The molecule has 2 unspecified atom stereocenters. The van der Waals surface area contributed by atoms with Crippen molar-refractivity contribution in [2.24, 2.45) is 17.8 Å². The molecular weight excluding hydrogens is 558 g/mol. The largest absolute Gasteiger partial charge is 0.468 e. The molecule has 4 rings (SSSR count). The van der Waals surface area contributed by atoms with Gasteiger partial charge in [-0.2, -0.15) is 0 Å². The highest BCUT2D eigenvalue weighted by Gasteiger charge is 2.38. The molecule has 0 radical (unpaired) electrons. The highest BCUT2D eigenvalue weighted by Crippen LogP contribution is 2.41. The number of hydrogen-bond donors (Lipinski definition) is 1. The highest BCUT2D eigenvalue weighted by molar-refractivity contribution is 6.05. The average Bonchev–Trinajstić information content (AvgIpc) is 3.52. The van der Waals surface area contributed by atoms with E-state index in [0.29, 0.717) is 17.3 Å². The van der Waals surface area contributed by atoms with Gasteiger partial charge in [0, 0.05) is 5.56 Å². The third-order valence-corrected chi connectivity index (χ3v) is 7.60. The summed E-state index contributed by atoms with van der Waals surface area (Å²) in [6.07, 6.45) is 0.245. The van der Waals surface area contributed by atoms with E-state index in [4.69, 9.17) is 16.0 Å². The van der Waals surface area contributed by atoms with Crippen molar-refractivity contribution in [2.45, 2.75) is 46.6 Å². The molecule has 1 aliphatic carbocycles. The topological polar surface area (TPSA) is 146 Å². The van der Waals surface area contributed by atoms with E-state index in [-0.39, 0.29) is 40.7 Å². The van der Waals surface area contributed by atoms with Crippen molar-refractivity contribution in [2.75, 3.05) is 27.3 Å². The molecule has 43 heavy (non-hydrogen) atoms. The van der Waals surface area contributed by atoms with Gasteiger partial charge < -0.3 is 18.9 Å². The van der Waals surface area contributed by atoms with Crippen molar-refractivity contribution >= 4 is 35.3 Å². The molecular formula is C30H35N5O8. The quantitative estimate of drug-likeness (QED) is 0.226. The van der Waals surface area contributed by atoms with E-state index < -0.39 is 37.1 Å². The molecule has 1 N–H and O–H groups in total. The minimum atomic E-state index is -1.16. The predicted octanol–water partition coefficient (Wildman–Crippen LogP) is 4.56. The van der Waals surface area contributed by atoms with E-state index in [1.807, 2.05) is 45.0 Å². The molecule has 2 atom stereocenters. The second-order valence-electron chi connectivity index (χ2n) is 11.0. The Hall–Kier alpha value is -4.86. The Bertz CT molecular complexity index is 1540. The molecule has 0 saturated heterocycles. The van der Waals surface area contributed by atoms with Crippen LogP contribution in [0.5, 0.6) is 5.88 Å². The van der Waals surface area contributed by atoms with Crippen LogP contribution < -0.4 is 4.74 Å². The maximum absolute atomic E-state index is 13.8. The van der Waals surface area contributed by atoms with Crippen LogP contribution in [0.1, 0.15) is 49.5 Å². The lowest BCUT2D eigenvalue weighted by Crippen LogP contribution is -2.42. The number of carbonyl (C=O) groups is 4. The van der Waals surface area contributed by atoms with E-state index in [2.05, 4.69) is 31.3 Å². The molecule has 228 valence electrons. The molecule has 13 heteroatoms. The molecule has 1 fully saturated rings. The summed E-state index contributed by atoms with van der Waals surface area (Å²) in [7, 11) is 2.25. The van der Waals surface area contributed by atoms with Crippen LogP contribution in [0.3, 0.4) is 0 Å². The minimum Gasteiger partial charge on any atom is -0.468 e. The molecule has 2 aromatic heterocycles. The van der Waals surface area contributed by atoms with E-state index >= 15 is 0 Å². The Balaban J connectivity index is 1.79. The molecule has 1 saturated carbocycles. The van der Waals surface area contributed by atoms with Gasteiger partial charge >= 0.3 is 24.0 Å². The highest BCUT2D eigenvalue weighted by atomic mass is 16.6. The predicted molar refractivity (Wildman–Crippen MR) is 154 cm³/mol. The Kier molecular flexibility index (Phi) is 9.38. The summed E-state index contributed by atoms with van der Waals surface area (Å²) in [6, 6.07) is 7.43. The molecule has 1 aliphatic rings. The van der Waals surface area contributed by atoms with Crippen LogP contribution in [-0.2, 0) is 23.8 Å². The number of H-pyrrole nitrogens is 1. The third kappa shape index (κ3) is 6.63. The lowest BCUT2D eigenvalue weighted by Gasteiger charge is -2.37. The first-order chi connectivity index (χ1) is 20.5. The number of benzene rings is 1. The van der Waals surface area contributed by atoms with Crippen molar-refractivity contribution in [3.63, 3.8) is 0 Å². The summed E-state index contributed by atoms with van der Waals surface area (Å²) >= 11 is 0. The number of hydrogen-bond acceptors (Lipinski definition) is 9. The molecule has 2 heterocycles. The summed E-state index contributed by atoms with van der Waals surface area (Å²) in [5.41, 5.74) is 1.24. The van der Waals surface area contributed by atoms with E-state index in [9.17, 15) is 19.2 Å². The minimum absolute atomic E-state index is 0.0198. The molecule has 0 bridgehead atoms. The van der Waals surface area contributed by atoms with E-state index in [0.717, 1.165) is 37.5 Å². The SMILES string of the molecule is [C-]#[N+]c1c(C(=O)OC2C(C)CC(C)CC2C)c2nc(-c3ccc(C)cc3)[nH]n2c1OC(=O)N(CC(=O)OC)CC(=O)OC. The average molecular weight is 594 g/mol. The van der Waals surface area contributed by atoms with Gasteiger partial charge in [-0.05, 0) is 37.5 Å². The second kappa shape index (κ2) is 13.0. The zero-order valence-electron chi connectivity index (χ0n) is 25.0. The Morgan fingerprint density at radius 3 is 2.14 bits per heavy atom. The lowest BCUT2D eigenvalue weighted by molar-refractivity contribution is -0.144. The van der Waals surface area contributed by atoms with Crippen molar-refractivity contribution in [3.8, 4) is 17.3 Å². The number of amides is 1. The van der Waals surface area contributed by atoms with Crippen LogP contribution in [0.4, 0.5) is 10.5 Å². The number of methoxy groups -OCH3 is 2. The smallest absolute Gasteiger partial charge is 0.416 e. The van der Waals surface area contributed by atoms with Crippen LogP contribution in [0, 0.1) is 31.2 Å². The van der Waals surface area contributed by atoms with Gasteiger partial charge in [-0.1, -0.05) is 50.6 Å². The van der Waals surface area contributed by atoms with Gasteiger partial charge in [-0.15, -0.1) is 0 Å². The van der Waals surface area contributed by atoms with Crippen molar-refractivity contribution < 1.29 is 38.1 Å². The normalized spacial score (nSPS) is 19.7. The first kappa shape index (κ1) is 31.1. The number of carbonyl (C=O) groups excluding carboxylic acids is 4. The fraction of sp³-hybridized carbons (Fsp3) is 0.467. The summed E-state index contributed by atoms with van der Waals surface area (Å²) < 4.78 is 22.1. The van der Waals surface area contributed by atoms with Crippen molar-refractivity contribution in [3.05, 3.63) is 46.8 Å². The number of rotatable bonds is 8. The Morgan fingerprint density at radius 2 is 1.60 bits per heavy atom. The molecule has 3 aromatic rings. The van der Waals surface area contributed by atoms with Crippen LogP contribution in [0.2, 0.25) is 0 Å². The van der Waals surface area contributed by atoms with E-state index in [1.165, 1.54) is 4.52 Å². The molecule has 0 spiro atoms. The Labute approximate surface area is 248 Å². The van der Waals surface area contributed by atoms with Gasteiger partial charge in [0.1, 0.15) is 24.8 Å². The molecule has 0 aliphatic heterocycles. The van der Waals surface area contributed by atoms with E-state index in [1.54, 1.807) is 0 Å². The zero-order chi connectivity index (χ0) is 31.4. The first-order valence-corrected chi connectivity index (χ1v) is 13.9. The number of aryl methyl sites for hydroxylation is 1.